The van der Waals surface area contributed by atoms with Crippen molar-refractivity contribution < 1.29 is 8.78 Å². The van der Waals surface area contributed by atoms with Crippen LogP contribution in [0.4, 0.5) is 8.78 Å². The van der Waals surface area contributed by atoms with Crippen LogP contribution in [0.15, 0.2) is 47.4 Å². The molecule has 0 radical (unpaired) electrons. The summed E-state index contributed by atoms with van der Waals surface area (Å²) in [6.45, 7) is 0.0539. The van der Waals surface area contributed by atoms with E-state index in [0.29, 0.717) is 35.3 Å². The molecule has 1 spiro atoms. The molecule has 0 amide bonds. The van der Waals surface area contributed by atoms with Crippen molar-refractivity contribution in [2.24, 2.45) is 5.41 Å². The summed E-state index contributed by atoms with van der Waals surface area (Å²) in [6.07, 6.45) is 2.31. The van der Waals surface area contributed by atoms with Gasteiger partial charge in [-0.25, -0.2) is 18.7 Å². The lowest BCUT2D eigenvalue weighted by atomic mass is 9.95. The Kier molecular flexibility index (Phi) is 3.26. The van der Waals surface area contributed by atoms with Crippen LogP contribution in [-0.4, -0.2) is 20.5 Å². The number of alkyl halides is 2. The summed E-state index contributed by atoms with van der Waals surface area (Å²) in [5.41, 5.74) is 0.643. The van der Waals surface area contributed by atoms with Crippen molar-refractivity contribution in [1.82, 2.24) is 14.5 Å². The summed E-state index contributed by atoms with van der Waals surface area (Å²) in [5.74, 6) is 3.92. The molecule has 2 aromatic heterocycles. The molecular formula is C21H15F2N3O. The predicted molar refractivity (Wildman–Crippen MR) is 96.5 cm³/mol. The summed E-state index contributed by atoms with van der Waals surface area (Å²) < 4.78 is 28.9. The Morgan fingerprint density at radius 2 is 2.00 bits per heavy atom. The van der Waals surface area contributed by atoms with Gasteiger partial charge < -0.3 is 0 Å². The molecule has 3 aromatic rings. The van der Waals surface area contributed by atoms with Gasteiger partial charge in [-0.05, 0) is 42.7 Å². The minimum Gasteiger partial charge on any atom is -0.295 e. The molecule has 2 aliphatic rings. The number of pyridine rings is 1. The van der Waals surface area contributed by atoms with E-state index >= 15 is 0 Å². The van der Waals surface area contributed by atoms with Crippen molar-refractivity contribution in [2.75, 3.05) is 0 Å². The summed E-state index contributed by atoms with van der Waals surface area (Å²) in [4.78, 5) is 21.5. The SMILES string of the molecule is O=c1c2ccc(C#Cc3ccccn3)cc2nc2n1CC1(CC2)CC1(F)F. The third-order valence-corrected chi connectivity index (χ3v) is 5.53. The van der Waals surface area contributed by atoms with Gasteiger partial charge >= 0.3 is 0 Å². The molecule has 1 aliphatic heterocycles. The van der Waals surface area contributed by atoms with E-state index in [1.807, 2.05) is 18.2 Å². The first-order chi connectivity index (χ1) is 13.0. The van der Waals surface area contributed by atoms with Gasteiger partial charge in [-0.1, -0.05) is 12.0 Å². The van der Waals surface area contributed by atoms with Gasteiger partial charge in [0.05, 0.1) is 16.3 Å². The first-order valence-electron chi connectivity index (χ1n) is 8.82. The number of aromatic nitrogens is 3. The third kappa shape index (κ3) is 2.54. The zero-order chi connectivity index (χ0) is 18.6. The summed E-state index contributed by atoms with van der Waals surface area (Å²) >= 11 is 0. The Bertz CT molecular complexity index is 1190. The summed E-state index contributed by atoms with van der Waals surface area (Å²) in [6, 6.07) is 10.7. The minimum atomic E-state index is -2.66. The lowest BCUT2D eigenvalue weighted by molar-refractivity contribution is 0.0470. The van der Waals surface area contributed by atoms with E-state index in [4.69, 9.17) is 0 Å². The maximum Gasteiger partial charge on any atom is 0.261 e. The summed E-state index contributed by atoms with van der Waals surface area (Å²) in [7, 11) is 0. The summed E-state index contributed by atoms with van der Waals surface area (Å²) in [5, 5.41) is 0.433. The van der Waals surface area contributed by atoms with Gasteiger partial charge in [-0.3, -0.25) is 9.36 Å². The first kappa shape index (κ1) is 16.1. The maximum atomic E-state index is 13.7. The van der Waals surface area contributed by atoms with Crippen molar-refractivity contribution in [1.29, 1.82) is 0 Å². The fourth-order valence-corrected chi connectivity index (χ4v) is 3.83. The Hall–Kier alpha value is -3.07. The van der Waals surface area contributed by atoms with E-state index in [1.165, 1.54) is 4.57 Å². The molecule has 0 N–H and O–H groups in total. The zero-order valence-electron chi connectivity index (χ0n) is 14.4. The Morgan fingerprint density at radius 1 is 1.15 bits per heavy atom. The van der Waals surface area contributed by atoms with E-state index in [9.17, 15) is 13.6 Å². The molecule has 1 unspecified atom stereocenters. The normalized spacial score (nSPS) is 22.1. The van der Waals surface area contributed by atoms with Gasteiger partial charge in [0.1, 0.15) is 11.5 Å². The molecule has 1 aliphatic carbocycles. The molecule has 1 aromatic carbocycles. The van der Waals surface area contributed by atoms with Crippen molar-refractivity contribution in [3.63, 3.8) is 0 Å². The highest BCUT2D eigenvalue weighted by molar-refractivity contribution is 5.79. The second kappa shape index (κ2) is 5.46. The Labute approximate surface area is 153 Å². The fourth-order valence-electron chi connectivity index (χ4n) is 3.83. The second-order valence-corrected chi connectivity index (χ2v) is 7.28. The van der Waals surface area contributed by atoms with Crippen molar-refractivity contribution in [3.8, 4) is 11.8 Å². The Morgan fingerprint density at radius 3 is 2.74 bits per heavy atom. The molecule has 4 nitrogen and oxygen atoms in total. The van der Waals surface area contributed by atoms with Crippen LogP contribution in [0.25, 0.3) is 10.9 Å². The van der Waals surface area contributed by atoms with Crippen LogP contribution in [0.2, 0.25) is 0 Å². The number of hydrogen-bond acceptors (Lipinski definition) is 3. The van der Waals surface area contributed by atoms with Gasteiger partial charge in [-0.15, -0.1) is 0 Å². The molecular weight excluding hydrogens is 348 g/mol. The van der Waals surface area contributed by atoms with Gasteiger partial charge in [0.15, 0.2) is 0 Å². The molecule has 1 atom stereocenters. The average Bonchev–Trinajstić information content (AvgIpc) is 3.20. The fraction of sp³-hybridized carbons (Fsp3) is 0.286. The van der Waals surface area contributed by atoms with E-state index in [0.717, 1.165) is 5.56 Å². The van der Waals surface area contributed by atoms with Gasteiger partial charge in [0, 0.05) is 31.1 Å². The molecule has 0 saturated heterocycles. The van der Waals surface area contributed by atoms with Crippen molar-refractivity contribution in [2.45, 2.75) is 31.7 Å². The van der Waals surface area contributed by atoms with Crippen molar-refractivity contribution >= 4 is 10.9 Å². The molecule has 3 heterocycles. The zero-order valence-corrected chi connectivity index (χ0v) is 14.4. The predicted octanol–water partition coefficient (Wildman–Crippen LogP) is 3.16. The lowest BCUT2D eigenvalue weighted by Gasteiger charge is -2.25. The second-order valence-electron chi connectivity index (χ2n) is 7.28. The molecule has 6 heteroatoms. The maximum absolute atomic E-state index is 13.7. The molecule has 1 fully saturated rings. The van der Waals surface area contributed by atoms with Crippen LogP contribution in [0.1, 0.15) is 29.9 Å². The highest BCUT2D eigenvalue weighted by atomic mass is 19.3. The number of rotatable bonds is 0. The first-order valence-corrected chi connectivity index (χ1v) is 8.82. The topological polar surface area (TPSA) is 47.8 Å². The molecule has 5 rings (SSSR count). The number of hydrogen-bond donors (Lipinski definition) is 0. The number of halogens is 2. The number of nitrogens with zero attached hydrogens (tertiary/aromatic N) is 3. The lowest BCUT2D eigenvalue weighted by Crippen LogP contribution is -2.35. The van der Waals surface area contributed by atoms with Gasteiger partial charge in [0.25, 0.3) is 11.5 Å². The average molecular weight is 363 g/mol. The minimum absolute atomic E-state index is 0.0539. The molecule has 0 bridgehead atoms. The quantitative estimate of drug-likeness (QED) is 0.577. The number of fused-ring (bicyclic) bond motifs is 2. The number of aryl methyl sites for hydroxylation is 1. The molecule has 1 saturated carbocycles. The highest BCUT2D eigenvalue weighted by Gasteiger charge is 2.71. The van der Waals surface area contributed by atoms with Crippen molar-refractivity contribution in [3.05, 3.63) is 70.0 Å². The number of benzene rings is 1. The Balaban J connectivity index is 1.55. The van der Waals surface area contributed by atoms with Crippen LogP contribution < -0.4 is 5.56 Å². The van der Waals surface area contributed by atoms with Crippen LogP contribution in [0.5, 0.6) is 0 Å². The van der Waals surface area contributed by atoms with Gasteiger partial charge in [-0.2, -0.15) is 0 Å². The largest absolute Gasteiger partial charge is 0.295 e. The van der Waals surface area contributed by atoms with Gasteiger partial charge in [0.2, 0.25) is 0 Å². The van der Waals surface area contributed by atoms with E-state index in [1.54, 1.807) is 24.4 Å². The van der Waals surface area contributed by atoms with Crippen LogP contribution in [0.3, 0.4) is 0 Å². The molecule has 134 valence electrons. The van der Waals surface area contributed by atoms with E-state index in [-0.39, 0.29) is 18.5 Å². The van der Waals surface area contributed by atoms with Crippen LogP contribution in [-0.2, 0) is 13.0 Å². The smallest absolute Gasteiger partial charge is 0.261 e. The monoisotopic (exact) mass is 363 g/mol. The van der Waals surface area contributed by atoms with E-state index < -0.39 is 11.3 Å². The molecule has 27 heavy (non-hydrogen) atoms. The van der Waals surface area contributed by atoms with Crippen LogP contribution >= 0.6 is 0 Å². The standard InChI is InChI=1S/C21H15F2N3O/c22-21(23)12-20(21)9-8-18-25-17-11-14(4-6-15-3-1-2-10-24-15)5-7-16(17)19(27)26(18)13-20/h1-3,5,7,10-11H,8-9,12-13H2. The third-order valence-electron chi connectivity index (χ3n) is 5.53. The van der Waals surface area contributed by atoms with Crippen LogP contribution in [0, 0.1) is 17.3 Å². The van der Waals surface area contributed by atoms with E-state index in [2.05, 4.69) is 21.8 Å². The highest BCUT2D eigenvalue weighted by Crippen LogP contribution is 2.64.